The maximum Gasteiger partial charge on any atom is -0.0150 e. The summed E-state index contributed by atoms with van der Waals surface area (Å²) in [7, 11) is 0. The highest BCUT2D eigenvalue weighted by atomic mass is 14.2. The molecular formula is C13H16. The molecule has 0 bridgehead atoms. The largest absolute Gasteiger partial charge is 0.0804 e. The van der Waals surface area contributed by atoms with Gasteiger partial charge in [-0.1, -0.05) is 36.8 Å². The summed E-state index contributed by atoms with van der Waals surface area (Å²) < 4.78 is 0. The molecule has 2 rings (SSSR count). The third-order valence-electron chi connectivity index (χ3n) is 2.94. The molecule has 0 heterocycles. The second-order valence-electron chi connectivity index (χ2n) is 4.11. The average Bonchev–Trinajstić information content (AvgIpc) is 2.12. The molecule has 68 valence electrons. The maximum absolute atomic E-state index is 2.35. The third-order valence-corrected chi connectivity index (χ3v) is 2.94. The number of rotatable bonds is 0. The third kappa shape index (κ3) is 1.41. The molecule has 0 spiro atoms. The molecule has 0 saturated heterocycles. The van der Waals surface area contributed by atoms with Gasteiger partial charge in [0.15, 0.2) is 0 Å². The molecule has 0 nitrogen and oxygen atoms in total. The molecule has 1 atom stereocenters. The van der Waals surface area contributed by atoms with E-state index in [0.717, 1.165) is 0 Å². The van der Waals surface area contributed by atoms with E-state index >= 15 is 0 Å². The van der Waals surface area contributed by atoms with Crippen LogP contribution in [0, 0.1) is 6.92 Å². The standard InChI is InChI=1S/C13H16/c1-9-4-7-12-10(2)5-6-11(3)13(12)8-9/h4,6-8,10H,5H2,1-3H3. The first-order valence-corrected chi connectivity index (χ1v) is 4.96. The minimum absolute atomic E-state index is 0.694. The summed E-state index contributed by atoms with van der Waals surface area (Å²) in [6, 6.07) is 6.80. The van der Waals surface area contributed by atoms with Crippen molar-refractivity contribution in [2.24, 2.45) is 0 Å². The molecule has 0 aliphatic heterocycles. The summed E-state index contributed by atoms with van der Waals surface area (Å²) in [5.74, 6) is 0.694. The lowest BCUT2D eigenvalue weighted by atomic mass is 9.84. The van der Waals surface area contributed by atoms with Crippen LogP contribution in [0.4, 0.5) is 0 Å². The van der Waals surface area contributed by atoms with Crippen molar-refractivity contribution in [3.63, 3.8) is 0 Å². The number of benzene rings is 1. The van der Waals surface area contributed by atoms with Crippen molar-refractivity contribution in [2.75, 3.05) is 0 Å². The molecule has 0 aromatic heterocycles. The first-order chi connectivity index (χ1) is 6.18. The van der Waals surface area contributed by atoms with Crippen LogP contribution in [-0.2, 0) is 0 Å². The highest BCUT2D eigenvalue weighted by Crippen LogP contribution is 2.34. The van der Waals surface area contributed by atoms with Gasteiger partial charge in [-0.2, -0.15) is 0 Å². The average molecular weight is 172 g/mol. The van der Waals surface area contributed by atoms with Crippen LogP contribution in [0.2, 0.25) is 0 Å². The van der Waals surface area contributed by atoms with E-state index in [9.17, 15) is 0 Å². The predicted octanol–water partition coefficient (Wildman–Crippen LogP) is 3.91. The summed E-state index contributed by atoms with van der Waals surface area (Å²) in [5.41, 5.74) is 5.78. The zero-order chi connectivity index (χ0) is 9.42. The SMILES string of the molecule is CC1=CCC(C)c2ccc(C)cc21. The smallest absolute Gasteiger partial charge is 0.0150 e. The van der Waals surface area contributed by atoms with Gasteiger partial charge >= 0.3 is 0 Å². The molecule has 0 saturated carbocycles. The molecule has 1 aliphatic rings. The second kappa shape index (κ2) is 3.02. The Bertz CT molecular complexity index is 358. The first-order valence-electron chi connectivity index (χ1n) is 4.96. The van der Waals surface area contributed by atoms with Gasteiger partial charge in [-0.25, -0.2) is 0 Å². The Hall–Kier alpha value is -1.04. The predicted molar refractivity (Wildman–Crippen MR) is 57.9 cm³/mol. The number of hydrogen-bond donors (Lipinski definition) is 0. The van der Waals surface area contributed by atoms with Gasteiger partial charge in [-0.15, -0.1) is 0 Å². The summed E-state index contributed by atoms with van der Waals surface area (Å²) in [5, 5.41) is 0. The van der Waals surface area contributed by atoms with Gasteiger partial charge in [0.2, 0.25) is 0 Å². The number of hydrogen-bond acceptors (Lipinski definition) is 0. The molecule has 0 N–H and O–H groups in total. The normalized spacial score (nSPS) is 20.8. The Morgan fingerprint density at radius 3 is 2.77 bits per heavy atom. The van der Waals surface area contributed by atoms with E-state index < -0.39 is 0 Å². The Labute approximate surface area is 80.3 Å². The Morgan fingerprint density at radius 1 is 1.23 bits per heavy atom. The minimum Gasteiger partial charge on any atom is -0.0804 e. The van der Waals surface area contributed by atoms with Crippen LogP contribution >= 0.6 is 0 Å². The summed E-state index contributed by atoms with van der Waals surface area (Å²) >= 11 is 0. The van der Waals surface area contributed by atoms with Gasteiger partial charge in [0.05, 0.1) is 0 Å². The maximum atomic E-state index is 2.35. The highest BCUT2D eigenvalue weighted by molar-refractivity contribution is 5.69. The molecule has 0 amide bonds. The molecule has 1 aromatic carbocycles. The van der Waals surface area contributed by atoms with Gasteiger partial charge in [0, 0.05) is 0 Å². The summed E-state index contributed by atoms with van der Waals surface area (Å²) in [6.45, 7) is 6.67. The fourth-order valence-electron chi connectivity index (χ4n) is 2.03. The van der Waals surface area contributed by atoms with Crippen molar-refractivity contribution < 1.29 is 0 Å². The molecule has 13 heavy (non-hydrogen) atoms. The molecule has 0 heteroatoms. The lowest BCUT2D eigenvalue weighted by Crippen LogP contribution is -2.02. The van der Waals surface area contributed by atoms with Crippen LogP contribution in [0.1, 0.15) is 42.9 Å². The van der Waals surface area contributed by atoms with Gasteiger partial charge < -0.3 is 0 Å². The van der Waals surface area contributed by atoms with Crippen LogP contribution in [0.5, 0.6) is 0 Å². The van der Waals surface area contributed by atoms with Crippen LogP contribution in [0.3, 0.4) is 0 Å². The highest BCUT2D eigenvalue weighted by Gasteiger charge is 2.15. The van der Waals surface area contributed by atoms with E-state index in [1.807, 2.05) is 0 Å². The van der Waals surface area contributed by atoms with Crippen LogP contribution in [0.25, 0.3) is 5.57 Å². The fourth-order valence-corrected chi connectivity index (χ4v) is 2.03. The second-order valence-corrected chi connectivity index (χ2v) is 4.11. The quantitative estimate of drug-likeness (QED) is 0.556. The minimum atomic E-state index is 0.694. The topological polar surface area (TPSA) is 0 Å². The number of allylic oxidation sites excluding steroid dienone is 2. The van der Waals surface area contributed by atoms with Crippen molar-refractivity contribution in [3.05, 3.63) is 41.0 Å². The Morgan fingerprint density at radius 2 is 2.00 bits per heavy atom. The Balaban J connectivity index is 2.60. The zero-order valence-electron chi connectivity index (χ0n) is 8.59. The van der Waals surface area contributed by atoms with Crippen LogP contribution in [0.15, 0.2) is 24.3 Å². The van der Waals surface area contributed by atoms with Gasteiger partial charge in [-0.05, 0) is 42.9 Å². The van der Waals surface area contributed by atoms with E-state index in [0.29, 0.717) is 5.92 Å². The van der Waals surface area contributed by atoms with Crippen molar-refractivity contribution in [3.8, 4) is 0 Å². The van der Waals surface area contributed by atoms with Crippen LogP contribution < -0.4 is 0 Å². The molecule has 1 aromatic rings. The lowest BCUT2D eigenvalue weighted by molar-refractivity contribution is 0.766. The lowest BCUT2D eigenvalue weighted by Gasteiger charge is -2.21. The van der Waals surface area contributed by atoms with E-state index in [2.05, 4.69) is 45.0 Å². The number of fused-ring (bicyclic) bond motifs is 1. The van der Waals surface area contributed by atoms with E-state index in [1.54, 1.807) is 0 Å². The fraction of sp³-hybridized carbons (Fsp3) is 0.385. The summed E-state index contributed by atoms with van der Waals surface area (Å²) in [4.78, 5) is 0. The molecular weight excluding hydrogens is 156 g/mol. The van der Waals surface area contributed by atoms with Crippen LogP contribution in [-0.4, -0.2) is 0 Å². The number of aryl methyl sites for hydroxylation is 1. The zero-order valence-corrected chi connectivity index (χ0v) is 8.59. The van der Waals surface area contributed by atoms with Crippen molar-refractivity contribution in [1.29, 1.82) is 0 Å². The van der Waals surface area contributed by atoms with Gasteiger partial charge in [-0.3, -0.25) is 0 Å². The molecule has 0 fully saturated rings. The monoisotopic (exact) mass is 172 g/mol. The van der Waals surface area contributed by atoms with Crippen molar-refractivity contribution in [2.45, 2.75) is 33.1 Å². The molecule has 1 unspecified atom stereocenters. The molecule has 0 radical (unpaired) electrons. The first kappa shape index (κ1) is 8.55. The van der Waals surface area contributed by atoms with Gasteiger partial charge in [0.1, 0.15) is 0 Å². The van der Waals surface area contributed by atoms with Crippen molar-refractivity contribution in [1.82, 2.24) is 0 Å². The van der Waals surface area contributed by atoms with E-state index in [4.69, 9.17) is 0 Å². The van der Waals surface area contributed by atoms with Gasteiger partial charge in [0.25, 0.3) is 0 Å². The Kier molecular flexibility index (Phi) is 1.99. The summed E-state index contributed by atoms with van der Waals surface area (Å²) in [6.07, 6.45) is 3.55. The molecule has 1 aliphatic carbocycles. The van der Waals surface area contributed by atoms with E-state index in [-0.39, 0.29) is 0 Å². The van der Waals surface area contributed by atoms with Crippen molar-refractivity contribution >= 4 is 5.57 Å². The van der Waals surface area contributed by atoms with E-state index in [1.165, 1.54) is 28.7 Å².